The Balaban J connectivity index is 2.09. The molecule has 1 heterocycles. The molecule has 0 aliphatic carbocycles. The van der Waals surface area contributed by atoms with E-state index in [1.807, 2.05) is 0 Å². The minimum Gasteiger partial charge on any atom is -0.305 e. The molecule has 1 N–H and O–H groups in total. The molecule has 0 spiro atoms. The summed E-state index contributed by atoms with van der Waals surface area (Å²) in [4.78, 5) is 1.36. The lowest BCUT2D eigenvalue weighted by atomic mass is 9.85. The van der Waals surface area contributed by atoms with E-state index in [2.05, 4.69) is 83.8 Å². The summed E-state index contributed by atoms with van der Waals surface area (Å²) < 4.78 is 1.21. The van der Waals surface area contributed by atoms with Crippen LogP contribution < -0.4 is 5.32 Å². The lowest BCUT2D eigenvalue weighted by Crippen LogP contribution is -2.25. The number of rotatable bonds is 5. The molecule has 20 heavy (non-hydrogen) atoms. The molecule has 0 amide bonds. The van der Waals surface area contributed by atoms with E-state index in [4.69, 9.17) is 0 Å². The molecule has 1 nitrogen and oxygen atoms in total. The van der Waals surface area contributed by atoms with Crippen LogP contribution in [0.3, 0.4) is 0 Å². The van der Waals surface area contributed by atoms with Crippen molar-refractivity contribution >= 4 is 27.3 Å². The molecule has 0 fully saturated rings. The van der Waals surface area contributed by atoms with Crippen molar-refractivity contribution in [1.29, 1.82) is 0 Å². The molecule has 0 aliphatic rings. The van der Waals surface area contributed by atoms with E-state index in [-0.39, 0.29) is 0 Å². The molecule has 3 heteroatoms. The van der Waals surface area contributed by atoms with Crippen LogP contribution in [0.2, 0.25) is 0 Å². The normalized spacial score (nSPS) is 13.4. The largest absolute Gasteiger partial charge is 0.305 e. The highest BCUT2D eigenvalue weighted by Crippen LogP contribution is 2.30. The van der Waals surface area contributed by atoms with Gasteiger partial charge in [0.15, 0.2) is 0 Å². The summed E-state index contributed by atoms with van der Waals surface area (Å²) >= 11 is 5.40. The molecule has 0 radical (unpaired) electrons. The van der Waals surface area contributed by atoms with Crippen molar-refractivity contribution in [2.75, 3.05) is 0 Å². The molecule has 0 saturated carbocycles. The molecule has 0 aliphatic heterocycles. The first-order valence-electron chi connectivity index (χ1n) is 6.96. The zero-order chi connectivity index (χ0) is 14.6. The zero-order valence-electron chi connectivity index (χ0n) is 12.3. The Kier molecular flexibility index (Phi) is 5.42. The Hall–Kier alpha value is -0.640. The maximum absolute atomic E-state index is 3.72. The highest BCUT2D eigenvalue weighted by molar-refractivity contribution is 9.10. The number of nitrogens with one attached hydrogen (secondary N) is 1. The third-order valence-electron chi connectivity index (χ3n) is 3.22. The summed E-state index contributed by atoms with van der Waals surface area (Å²) in [6.07, 6.45) is 1.13. The minimum absolute atomic E-state index is 0.306. The Morgan fingerprint density at radius 2 is 1.85 bits per heavy atom. The first-order chi connectivity index (χ1) is 9.46. The van der Waals surface area contributed by atoms with E-state index < -0.39 is 0 Å². The molecule has 1 atom stereocenters. The van der Waals surface area contributed by atoms with Crippen LogP contribution in [0.25, 0.3) is 0 Å². The van der Waals surface area contributed by atoms with Crippen LogP contribution in [0.4, 0.5) is 0 Å². The molecule has 1 unspecified atom stereocenters. The molecular weight excluding hydrogens is 330 g/mol. The fourth-order valence-corrected chi connectivity index (χ4v) is 3.72. The summed E-state index contributed by atoms with van der Waals surface area (Å²) in [6, 6.07) is 13.3. The number of halogens is 1. The van der Waals surface area contributed by atoms with Gasteiger partial charge < -0.3 is 5.32 Å². The van der Waals surface area contributed by atoms with Crippen LogP contribution in [-0.4, -0.2) is 0 Å². The van der Waals surface area contributed by atoms with Crippen molar-refractivity contribution in [2.45, 2.75) is 39.8 Å². The van der Waals surface area contributed by atoms with Gasteiger partial charge in [0.1, 0.15) is 0 Å². The van der Waals surface area contributed by atoms with Crippen LogP contribution in [0.5, 0.6) is 0 Å². The average Bonchev–Trinajstić information content (AvgIpc) is 2.80. The molecule has 2 aromatic rings. The van der Waals surface area contributed by atoms with Gasteiger partial charge >= 0.3 is 0 Å². The smallest absolute Gasteiger partial charge is 0.0328 e. The van der Waals surface area contributed by atoms with Crippen molar-refractivity contribution in [3.8, 4) is 0 Å². The highest BCUT2D eigenvalue weighted by atomic mass is 79.9. The van der Waals surface area contributed by atoms with Crippen molar-refractivity contribution in [3.05, 3.63) is 56.7 Å². The SMILES string of the molecule is CC(C)(C)CC(NCc1sccc1Br)c1ccccc1. The predicted octanol–water partition coefficient (Wildman–Crippen LogP) is 5.78. The van der Waals surface area contributed by atoms with Crippen LogP contribution in [0, 0.1) is 5.41 Å². The van der Waals surface area contributed by atoms with Crippen LogP contribution in [0.15, 0.2) is 46.3 Å². The highest BCUT2D eigenvalue weighted by Gasteiger charge is 2.20. The summed E-state index contributed by atoms with van der Waals surface area (Å²) in [7, 11) is 0. The summed E-state index contributed by atoms with van der Waals surface area (Å²) in [6.45, 7) is 7.80. The summed E-state index contributed by atoms with van der Waals surface area (Å²) in [5.41, 5.74) is 1.68. The van der Waals surface area contributed by atoms with Crippen molar-refractivity contribution in [1.82, 2.24) is 5.32 Å². The van der Waals surface area contributed by atoms with Gasteiger partial charge in [0.25, 0.3) is 0 Å². The Morgan fingerprint density at radius 1 is 1.15 bits per heavy atom. The summed E-state index contributed by atoms with van der Waals surface area (Å²) in [5.74, 6) is 0. The number of hydrogen-bond donors (Lipinski definition) is 1. The second-order valence-corrected chi connectivity index (χ2v) is 8.16. The molecule has 1 aromatic heterocycles. The van der Waals surface area contributed by atoms with Gasteiger partial charge in [-0.1, -0.05) is 51.1 Å². The fraction of sp³-hybridized carbons (Fsp3) is 0.412. The second-order valence-electron chi connectivity index (χ2n) is 6.30. The third kappa shape index (κ3) is 4.72. The van der Waals surface area contributed by atoms with E-state index in [0.29, 0.717) is 11.5 Å². The van der Waals surface area contributed by atoms with Gasteiger partial charge in [0, 0.05) is 21.9 Å². The fourth-order valence-electron chi connectivity index (χ4n) is 2.27. The predicted molar refractivity (Wildman–Crippen MR) is 92.1 cm³/mol. The molecule has 1 aromatic carbocycles. The molecule has 0 saturated heterocycles. The standard InChI is InChI=1S/C17H22BrNS/c1-17(2,3)11-15(13-7-5-4-6-8-13)19-12-16-14(18)9-10-20-16/h4-10,15,19H,11-12H2,1-3H3. The van der Waals surface area contributed by atoms with Crippen molar-refractivity contribution in [2.24, 2.45) is 5.41 Å². The quantitative estimate of drug-likeness (QED) is 0.719. The average molecular weight is 352 g/mol. The van der Waals surface area contributed by atoms with E-state index in [0.717, 1.165) is 13.0 Å². The number of benzene rings is 1. The van der Waals surface area contributed by atoms with E-state index in [1.54, 1.807) is 11.3 Å². The molecule has 0 bridgehead atoms. The minimum atomic E-state index is 0.306. The van der Waals surface area contributed by atoms with E-state index in [9.17, 15) is 0 Å². The topological polar surface area (TPSA) is 12.0 Å². The molecule has 108 valence electrons. The number of hydrogen-bond acceptors (Lipinski definition) is 2. The summed E-state index contributed by atoms with van der Waals surface area (Å²) in [5, 5.41) is 5.84. The maximum Gasteiger partial charge on any atom is 0.0328 e. The van der Waals surface area contributed by atoms with Crippen LogP contribution in [-0.2, 0) is 6.54 Å². The molecular formula is C17H22BrNS. The zero-order valence-corrected chi connectivity index (χ0v) is 14.7. The van der Waals surface area contributed by atoms with Crippen LogP contribution in [0.1, 0.15) is 43.7 Å². The number of thiophene rings is 1. The van der Waals surface area contributed by atoms with Crippen LogP contribution >= 0.6 is 27.3 Å². The lowest BCUT2D eigenvalue weighted by molar-refractivity contribution is 0.310. The second kappa shape index (κ2) is 6.88. The Labute approximate surface area is 134 Å². The van der Waals surface area contributed by atoms with Gasteiger partial charge in [0.05, 0.1) is 0 Å². The van der Waals surface area contributed by atoms with E-state index in [1.165, 1.54) is 14.9 Å². The van der Waals surface area contributed by atoms with Gasteiger partial charge in [-0.2, -0.15) is 0 Å². The van der Waals surface area contributed by atoms with Crippen molar-refractivity contribution < 1.29 is 0 Å². The monoisotopic (exact) mass is 351 g/mol. The lowest BCUT2D eigenvalue weighted by Gasteiger charge is -2.27. The van der Waals surface area contributed by atoms with E-state index >= 15 is 0 Å². The first-order valence-corrected chi connectivity index (χ1v) is 8.63. The van der Waals surface area contributed by atoms with Crippen molar-refractivity contribution in [3.63, 3.8) is 0 Å². The van der Waals surface area contributed by atoms with Gasteiger partial charge in [-0.05, 0) is 44.8 Å². The maximum atomic E-state index is 3.72. The van der Waals surface area contributed by atoms with Gasteiger partial charge in [0.2, 0.25) is 0 Å². The Bertz CT molecular complexity index is 527. The molecule has 2 rings (SSSR count). The first kappa shape index (κ1) is 15.7. The van der Waals surface area contributed by atoms with Gasteiger partial charge in [-0.3, -0.25) is 0 Å². The van der Waals surface area contributed by atoms with Gasteiger partial charge in [-0.25, -0.2) is 0 Å². The third-order valence-corrected chi connectivity index (χ3v) is 5.14. The Morgan fingerprint density at radius 3 is 2.40 bits per heavy atom. The van der Waals surface area contributed by atoms with Gasteiger partial charge in [-0.15, -0.1) is 11.3 Å².